The molecule has 140 valence electrons. The molecule has 0 radical (unpaired) electrons. The molecule has 1 saturated heterocycles. The summed E-state index contributed by atoms with van der Waals surface area (Å²) in [6, 6.07) is 6.42. The first-order valence-corrected chi connectivity index (χ1v) is 9.47. The number of carbonyl (C=O) groups excluding carboxylic acids is 1. The van der Waals surface area contributed by atoms with Crippen LogP contribution >= 0.6 is 0 Å². The topological polar surface area (TPSA) is 35.6 Å². The molecule has 25 heavy (non-hydrogen) atoms. The summed E-state index contributed by atoms with van der Waals surface area (Å²) >= 11 is 0. The van der Waals surface area contributed by atoms with Crippen molar-refractivity contribution in [3.8, 4) is 0 Å². The first-order valence-electron chi connectivity index (χ1n) is 9.47. The maximum Gasteiger partial charge on any atom is 0.237 e. The van der Waals surface area contributed by atoms with Crippen LogP contribution in [0.4, 0.5) is 4.39 Å². The van der Waals surface area contributed by atoms with Crippen LogP contribution in [0.3, 0.4) is 0 Å². The SMILES string of the molecule is CCN(C(=O)CN1CCC(CCNC)CC1)C(C)c1ccc(F)cc1. The minimum absolute atomic E-state index is 0.0359. The van der Waals surface area contributed by atoms with Gasteiger partial charge in [-0.05, 0) is 83.4 Å². The Bertz CT molecular complexity index is 526. The third-order valence-corrected chi connectivity index (χ3v) is 5.35. The van der Waals surface area contributed by atoms with Crippen LogP contribution in [-0.4, -0.2) is 55.5 Å². The molecule has 0 saturated carbocycles. The van der Waals surface area contributed by atoms with E-state index in [-0.39, 0.29) is 17.8 Å². The van der Waals surface area contributed by atoms with Gasteiger partial charge in [-0.25, -0.2) is 4.39 Å². The van der Waals surface area contributed by atoms with Gasteiger partial charge in [-0.2, -0.15) is 0 Å². The van der Waals surface area contributed by atoms with Gasteiger partial charge in [-0.3, -0.25) is 9.69 Å². The molecule has 1 aliphatic heterocycles. The highest BCUT2D eigenvalue weighted by Crippen LogP contribution is 2.23. The highest BCUT2D eigenvalue weighted by atomic mass is 19.1. The van der Waals surface area contributed by atoms with E-state index >= 15 is 0 Å². The van der Waals surface area contributed by atoms with Gasteiger partial charge in [0.1, 0.15) is 5.82 Å². The van der Waals surface area contributed by atoms with E-state index in [1.807, 2.05) is 25.8 Å². The lowest BCUT2D eigenvalue weighted by Crippen LogP contribution is -2.44. The predicted octanol–water partition coefficient (Wildman–Crippen LogP) is 3.06. The van der Waals surface area contributed by atoms with Gasteiger partial charge in [0.2, 0.25) is 5.91 Å². The van der Waals surface area contributed by atoms with Crippen molar-refractivity contribution in [2.45, 2.75) is 39.2 Å². The number of carbonyl (C=O) groups is 1. The number of nitrogens with one attached hydrogen (secondary N) is 1. The van der Waals surface area contributed by atoms with Crippen LogP contribution in [0.1, 0.15) is 44.7 Å². The van der Waals surface area contributed by atoms with Gasteiger partial charge >= 0.3 is 0 Å². The summed E-state index contributed by atoms with van der Waals surface area (Å²) in [5.41, 5.74) is 0.974. The highest BCUT2D eigenvalue weighted by Gasteiger charge is 2.25. The average molecular weight is 349 g/mol. The summed E-state index contributed by atoms with van der Waals surface area (Å²) in [6.07, 6.45) is 3.57. The Labute approximate surface area is 151 Å². The summed E-state index contributed by atoms with van der Waals surface area (Å²) in [7, 11) is 2.00. The molecule has 0 bridgehead atoms. The fraction of sp³-hybridized carbons (Fsp3) is 0.650. The average Bonchev–Trinajstić information content (AvgIpc) is 2.62. The van der Waals surface area contributed by atoms with E-state index < -0.39 is 0 Å². The fourth-order valence-electron chi connectivity index (χ4n) is 3.65. The zero-order valence-electron chi connectivity index (χ0n) is 15.8. The van der Waals surface area contributed by atoms with Gasteiger partial charge in [0, 0.05) is 6.54 Å². The minimum Gasteiger partial charge on any atom is -0.335 e. The van der Waals surface area contributed by atoms with Crippen molar-refractivity contribution in [1.29, 1.82) is 0 Å². The highest BCUT2D eigenvalue weighted by molar-refractivity contribution is 5.78. The molecule has 1 fully saturated rings. The molecule has 1 aromatic carbocycles. The van der Waals surface area contributed by atoms with Gasteiger partial charge < -0.3 is 10.2 Å². The molecule has 0 aliphatic carbocycles. The Morgan fingerprint density at radius 3 is 2.52 bits per heavy atom. The van der Waals surface area contributed by atoms with Crippen molar-refractivity contribution < 1.29 is 9.18 Å². The van der Waals surface area contributed by atoms with E-state index in [9.17, 15) is 9.18 Å². The molecule has 2 rings (SSSR count). The Hall–Kier alpha value is -1.46. The van der Waals surface area contributed by atoms with Gasteiger partial charge in [-0.15, -0.1) is 0 Å². The summed E-state index contributed by atoms with van der Waals surface area (Å²) in [6.45, 7) is 8.24. The van der Waals surface area contributed by atoms with Gasteiger partial charge in [0.05, 0.1) is 12.6 Å². The first kappa shape index (κ1) is 19.9. The summed E-state index contributed by atoms with van der Waals surface area (Å²) in [4.78, 5) is 16.9. The molecule has 0 spiro atoms. The van der Waals surface area contributed by atoms with E-state index in [0.717, 1.165) is 31.1 Å². The Morgan fingerprint density at radius 1 is 1.32 bits per heavy atom. The third kappa shape index (κ3) is 5.79. The Morgan fingerprint density at radius 2 is 1.96 bits per heavy atom. The number of amides is 1. The van der Waals surface area contributed by atoms with Crippen molar-refractivity contribution in [3.63, 3.8) is 0 Å². The second-order valence-electron chi connectivity index (χ2n) is 7.02. The van der Waals surface area contributed by atoms with Crippen molar-refractivity contribution in [1.82, 2.24) is 15.1 Å². The number of likely N-dealkylation sites (tertiary alicyclic amines) is 1. The van der Waals surface area contributed by atoms with Gasteiger partial charge in [0.25, 0.3) is 0 Å². The van der Waals surface area contributed by atoms with E-state index in [1.54, 1.807) is 12.1 Å². The van der Waals surface area contributed by atoms with E-state index in [2.05, 4.69) is 10.2 Å². The normalized spacial score (nSPS) is 17.4. The maximum absolute atomic E-state index is 13.1. The zero-order chi connectivity index (χ0) is 18.2. The molecule has 1 unspecified atom stereocenters. The van der Waals surface area contributed by atoms with Crippen molar-refractivity contribution in [2.75, 3.05) is 39.8 Å². The number of benzene rings is 1. The molecule has 1 aliphatic rings. The molecule has 5 heteroatoms. The quantitative estimate of drug-likeness (QED) is 0.783. The number of rotatable bonds is 8. The number of halogens is 1. The number of hydrogen-bond donors (Lipinski definition) is 1. The van der Waals surface area contributed by atoms with Crippen LogP contribution in [0, 0.1) is 11.7 Å². The Balaban J connectivity index is 1.86. The van der Waals surface area contributed by atoms with Crippen LogP contribution in [0.2, 0.25) is 0 Å². The Kier molecular flexibility index (Phi) is 7.85. The van der Waals surface area contributed by atoms with Gasteiger partial charge in [0.15, 0.2) is 0 Å². The second kappa shape index (κ2) is 9.88. The molecular formula is C20H32FN3O. The van der Waals surface area contributed by atoms with Crippen molar-refractivity contribution >= 4 is 5.91 Å². The van der Waals surface area contributed by atoms with Crippen LogP contribution < -0.4 is 5.32 Å². The second-order valence-corrected chi connectivity index (χ2v) is 7.02. The lowest BCUT2D eigenvalue weighted by atomic mass is 9.93. The molecule has 1 amide bonds. The maximum atomic E-state index is 13.1. The number of likely N-dealkylation sites (N-methyl/N-ethyl adjacent to an activating group) is 1. The molecule has 4 nitrogen and oxygen atoms in total. The number of hydrogen-bond acceptors (Lipinski definition) is 3. The van der Waals surface area contributed by atoms with E-state index in [4.69, 9.17) is 0 Å². The smallest absolute Gasteiger partial charge is 0.237 e. The molecule has 1 heterocycles. The molecule has 0 aromatic heterocycles. The first-order chi connectivity index (χ1) is 12.0. The van der Waals surface area contributed by atoms with Crippen LogP contribution in [0.5, 0.6) is 0 Å². The molecular weight excluding hydrogens is 317 g/mol. The largest absolute Gasteiger partial charge is 0.335 e. The summed E-state index contributed by atoms with van der Waals surface area (Å²) in [5, 5.41) is 3.21. The van der Waals surface area contributed by atoms with Crippen molar-refractivity contribution in [3.05, 3.63) is 35.6 Å². The van der Waals surface area contributed by atoms with Crippen LogP contribution in [-0.2, 0) is 4.79 Å². The fourth-order valence-corrected chi connectivity index (χ4v) is 3.65. The molecule has 1 atom stereocenters. The zero-order valence-corrected chi connectivity index (χ0v) is 15.8. The van der Waals surface area contributed by atoms with Crippen LogP contribution in [0.25, 0.3) is 0 Å². The van der Waals surface area contributed by atoms with Gasteiger partial charge in [-0.1, -0.05) is 12.1 Å². The molecule has 1 N–H and O–H groups in total. The standard InChI is InChI=1S/C20H32FN3O/c1-4-24(16(2)18-5-7-19(21)8-6-18)20(25)15-23-13-10-17(11-14-23)9-12-22-3/h5-8,16-17,22H,4,9-15H2,1-3H3. The van der Waals surface area contributed by atoms with Crippen LogP contribution in [0.15, 0.2) is 24.3 Å². The third-order valence-electron chi connectivity index (χ3n) is 5.35. The monoisotopic (exact) mass is 349 g/mol. The minimum atomic E-state index is -0.244. The number of nitrogens with zero attached hydrogens (tertiary/aromatic N) is 2. The van der Waals surface area contributed by atoms with E-state index in [1.165, 1.54) is 31.4 Å². The number of piperidine rings is 1. The summed E-state index contributed by atoms with van der Waals surface area (Å²) in [5.74, 6) is 0.693. The van der Waals surface area contributed by atoms with E-state index in [0.29, 0.717) is 13.1 Å². The summed E-state index contributed by atoms with van der Waals surface area (Å²) < 4.78 is 13.1. The lowest BCUT2D eigenvalue weighted by Gasteiger charge is -2.34. The van der Waals surface area contributed by atoms with Crippen molar-refractivity contribution in [2.24, 2.45) is 5.92 Å². The predicted molar refractivity (Wildman–Crippen MR) is 99.9 cm³/mol. The lowest BCUT2D eigenvalue weighted by molar-refractivity contribution is -0.134. The molecule has 1 aromatic rings.